The predicted molar refractivity (Wildman–Crippen MR) is 69.2 cm³/mol. The molecule has 0 saturated carbocycles. The van der Waals surface area contributed by atoms with Gasteiger partial charge in [0.1, 0.15) is 24.0 Å². The van der Waals surface area contributed by atoms with Gasteiger partial charge in [0.15, 0.2) is 0 Å². The van der Waals surface area contributed by atoms with Gasteiger partial charge in [-0.25, -0.2) is 8.78 Å². The molecule has 5 heteroatoms. The maximum absolute atomic E-state index is 13.5. The average Bonchev–Trinajstić information content (AvgIpc) is 2.30. The third kappa shape index (κ3) is 2.98. The Morgan fingerprint density at radius 1 is 1.11 bits per heavy atom. The number of nitrogen functional groups attached to an aromatic ring is 1. The number of nitrogens with two attached hydrogens (primary N) is 1. The number of anilines is 1. The van der Waals surface area contributed by atoms with Crippen molar-refractivity contribution in [3.63, 3.8) is 0 Å². The normalized spacial score (nSPS) is 10.4. The molecule has 0 fully saturated rings. The lowest BCUT2D eigenvalue weighted by Crippen LogP contribution is -2.01. The molecule has 0 amide bonds. The number of ether oxygens (including phenoxy) is 1. The lowest BCUT2D eigenvalue weighted by Gasteiger charge is -2.09. The van der Waals surface area contributed by atoms with Crippen molar-refractivity contribution in [1.82, 2.24) is 0 Å². The molecule has 0 aliphatic heterocycles. The lowest BCUT2D eigenvalue weighted by molar-refractivity contribution is 0.301. The fraction of sp³-hybridized carbons (Fsp3) is 0.0769. The minimum absolute atomic E-state index is 0.0367. The van der Waals surface area contributed by atoms with Crippen LogP contribution < -0.4 is 10.5 Å². The minimum atomic E-state index is -0.435. The summed E-state index contributed by atoms with van der Waals surface area (Å²) in [7, 11) is 0. The first-order chi connectivity index (χ1) is 8.56. The molecule has 0 heterocycles. The van der Waals surface area contributed by atoms with E-state index in [1.165, 1.54) is 18.2 Å². The summed E-state index contributed by atoms with van der Waals surface area (Å²) >= 11 is 3.17. The highest BCUT2D eigenvalue weighted by Gasteiger charge is 2.06. The highest BCUT2D eigenvalue weighted by molar-refractivity contribution is 9.10. The van der Waals surface area contributed by atoms with E-state index in [0.717, 1.165) is 6.07 Å². The largest absolute Gasteiger partial charge is 0.487 e. The standard InChI is InChI=1S/C13H10BrF2NO/c14-9-2-1-8(11(16)5-9)7-18-13-4-3-10(15)6-12(13)17/h1-6H,7,17H2. The molecule has 2 aromatic carbocycles. The van der Waals surface area contributed by atoms with Gasteiger partial charge in [-0.2, -0.15) is 0 Å². The van der Waals surface area contributed by atoms with Crippen molar-refractivity contribution >= 4 is 21.6 Å². The first kappa shape index (κ1) is 12.8. The smallest absolute Gasteiger partial charge is 0.142 e. The Labute approximate surface area is 112 Å². The maximum atomic E-state index is 13.5. The molecular weight excluding hydrogens is 304 g/mol. The molecule has 18 heavy (non-hydrogen) atoms. The van der Waals surface area contributed by atoms with E-state index in [4.69, 9.17) is 10.5 Å². The molecule has 2 nitrogen and oxygen atoms in total. The molecule has 2 rings (SSSR count). The Morgan fingerprint density at radius 3 is 2.56 bits per heavy atom. The van der Waals surface area contributed by atoms with Crippen molar-refractivity contribution in [1.29, 1.82) is 0 Å². The fourth-order valence-electron chi connectivity index (χ4n) is 1.45. The van der Waals surface area contributed by atoms with Crippen LogP contribution in [-0.4, -0.2) is 0 Å². The molecule has 2 aromatic rings. The van der Waals surface area contributed by atoms with Gasteiger partial charge in [0.25, 0.3) is 0 Å². The fourth-order valence-corrected chi connectivity index (χ4v) is 1.78. The van der Waals surface area contributed by atoms with Crippen LogP contribution in [0.5, 0.6) is 5.75 Å². The van der Waals surface area contributed by atoms with E-state index in [9.17, 15) is 8.78 Å². The van der Waals surface area contributed by atoms with E-state index in [2.05, 4.69) is 15.9 Å². The Balaban J connectivity index is 2.11. The summed E-state index contributed by atoms with van der Waals surface area (Å²) in [6.45, 7) is 0.0367. The zero-order valence-corrected chi connectivity index (χ0v) is 10.9. The quantitative estimate of drug-likeness (QED) is 0.873. The molecule has 94 valence electrons. The Hall–Kier alpha value is -1.62. The van der Waals surface area contributed by atoms with Gasteiger partial charge < -0.3 is 10.5 Å². The van der Waals surface area contributed by atoms with Gasteiger partial charge in [0, 0.05) is 16.1 Å². The zero-order valence-electron chi connectivity index (χ0n) is 9.29. The van der Waals surface area contributed by atoms with Crippen LogP contribution in [0, 0.1) is 11.6 Å². The summed E-state index contributed by atoms with van der Waals surface area (Å²) in [4.78, 5) is 0. The van der Waals surface area contributed by atoms with Gasteiger partial charge in [-0.05, 0) is 24.3 Å². The van der Waals surface area contributed by atoms with E-state index >= 15 is 0 Å². The predicted octanol–water partition coefficient (Wildman–Crippen LogP) is 3.89. The number of rotatable bonds is 3. The van der Waals surface area contributed by atoms with Crippen LogP contribution in [-0.2, 0) is 6.61 Å². The van der Waals surface area contributed by atoms with Crippen LogP contribution in [0.4, 0.5) is 14.5 Å². The molecule has 0 aliphatic rings. The van der Waals surface area contributed by atoms with Gasteiger partial charge in [0.2, 0.25) is 0 Å². The SMILES string of the molecule is Nc1cc(F)ccc1OCc1ccc(Br)cc1F. The van der Waals surface area contributed by atoms with Gasteiger partial charge >= 0.3 is 0 Å². The average molecular weight is 314 g/mol. The van der Waals surface area contributed by atoms with Crippen molar-refractivity contribution in [2.24, 2.45) is 0 Å². The van der Waals surface area contributed by atoms with Crippen molar-refractivity contribution in [3.8, 4) is 5.75 Å². The second-order valence-electron chi connectivity index (χ2n) is 3.71. The van der Waals surface area contributed by atoms with Crippen LogP contribution >= 0.6 is 15.9 Å². The molecule has 0 atom stereocenters. The Bertz CT molecular complexity index is 523. The van der Waals surface area contributed by atoms with Gasteiger partial charge in [0.05, 0.1) is 5.69 Å². The van der Waals surface area contributed by atoms with Gasteiger partial charge in [-0.3, -0.25) is 0 Å². The molecule has 0 saturated heterocycles. The topological polar surface area (TPSA) is 35.2 Å². The molecule has 0 bridgehead atoms. The second kappa shape index (κ2) is 5.35. The van der Waals surface area contributed by atoms with Crippen LogP contribution in [0.15, 0.2) is 40.9 Å². The first-order valence-electron chi connectivity index (χ1n) is 5.18. The summed E-state index contributed by atoms with van der Waals surface area (Å²) in [5.74, 6) is -0.474. The van der Waals surface area contributed by atoms with Crippen molar-refractivity contribution < 1.29 is 13.5 Å². The molecule has 0 spiro atoms. The molecule has 0 radical (unpaired) electrons. The van der Waals surface area contributed by atoms with Gasteiger partial charge in [-0.1, -0.05) is 22.0 Å². The van der Waals surface area contributed by atoms with Crippen LogP contribution in [0.25, 0.3) is 0 Å². The summed E-state index contributed by atoms with van der Waals surface area (Å²) < 4.78 is 32.3. The third-order valence-corrected chi connectivity index (χ3v) is 2.86. The van der Waals surface area contributed by atoms with E-state index in [-0.39, 0.29) is 18.1 Å². The molecule has 2 N–H and O–H groups in total. The molecule has 0 aromatic heterocycles. The summed E-state index contributed by atoms with van der Waals surface area (Å²) in [5, 5.41) is 0. The number of benzene rings is 2. The van der Waals surface area contributed by atoms with Crippen LogP contribution in [0.3, 0.4) is 0 Å². The highest BCUT2D eigenvalue weighted by Crippen LogP contribution is 2.24. The van der Waals surface area contributed by atoms with E-state index < -0.39 is 5.82 Å². The van der Waals surface area contributed by atoms with Crippen LogP contribution in [0.2, 0.25) is 0 Å². The van der Waals surface area contributed by atoms with Crippen molar-refractivity contribution in [2.45, 2.75) is 6.61 Å². The second-order valence-corrected chi connectivity index (χ2v) is 4.62. The number of hydrogen-bond acceptors (Lipinski definition) is 2. The number of halogens is 3. The van der Waals surface area contributed by atoms with Crippen LogP contribution in [0.1, 0.15) is 5.56 Å². The first-order valence-corrected chi connectivity index (χ1v) is 5.97. The highest BCUT2D eigenvalue weighted by atomic mass is 79.9. The summed E-state index contributed by atoms with van der Waals surface area (Å²) in [6, 6.07) is 8.50. The minimum Gasteiger partial charge on any atom is -0.487 e. The van der Waals surface area contributed by atoms with E-state index in [1.54, 1.807) is 12.1 Å². The monoisotopic (exact) mass is 313 g/mol. The Morgan fingerprint density at radius 2 is 1.89 bits per heavy atom. The zero-order chi connectivity index (χ0) is 13.1. The maximum Gasteiger partial charge on any atom is 0.142 e. The van der Waals surface area contributed by atoms with Crippen molar-refractivity contribution in [2.75, 3.05) is 5.73 Å². The molecule has 0 unspecified atom stereocenters. The summed E-state index contributed by atoms with van der Waals surface area (Å²) in [5.41, 5.74) is 6.17. The van der Waals surface area contributed by atoms with E-state index in [1.807, 2.05) is 0 Å². The molecular formula is C13H10BrF2NO. The summed E-state index contributed by atoms with van der Waals surface area (Å²) in [6.07, 6.45) is 0. The van der Waals surface area contributed by atoms with E-state index in [0.29, 0.717) is 15.8 Å². The number of hydrogen-bond donors (Lipinski definition) is 1. The van der Waals surface area contributed by atoms with Gasteiger partial charge in [-0.15, -0.1) is 0 Å². The van der Waals surface area contributed by atoms with Crippen molar-refractivity contribution in [3.05, 3.63) is 58.1 Å². The third-order valence-electron chi connectivity index (χ3n) is 2.37. The Kier molecular flexibility index (Phi) is 3.81. The molecule has 0 aliphatic carbocycles. The lowest BCUT2D eigenvalue weighted by atomic mass is 10.2.